The predicted molar refractivity (Wildman–Crippen MR) is 114 cm³/mol. The number of thioether (sulfide) groups is 2. The Kier molecular flexibility index (Phi) is 8.03. The zero-order valence-electron chi connectivity index (χ0n) is 16.4. The number of carbonyl (C=O) groups excluding carboxylic acids is 2. The molecule has 1 aliphatic rings. The van der Waals surface area contributed by atoms with E-state index < -0.39 is 12.2 Å². The standard InChI is InChI=1S/C22H24O5S2/c1-15(23)25-14-19-22(26-16(2)24)20(28-17-9-5-3-6-10-17)13-21(27-19)29-18-11-7-4-8-12-18/h3-12,19-22H,13-14H2,1-2H3/t19-,20+,21-,22-/m1/s1. The van der Waals surface area contributed by atoms with Gasteiger partial charge in [0.2, 0.25) is 0 Å². The summed E-state index contributed by atoms with van der Waals surface area (Å²) in [6.07, 6.45) is -0.350. The monoisotopic (exact) mass is 432 g/mol. The fourth-order valence-electron chi connectivity index (χ4n) is 3.08. The van der Waals surface area contributed by atoms with Crippen LogP contribution in [0.3, 0.4) is 0 Å². The highest BCUT2D eigenvalue weighted by Gasteiger charge is 2.42. The smallest absolute Gasteiger partial charge is 0.303 e. The first-order valence-corrected chi connectivity index (χ1v) is 11.2. The van der Waals surface area contributed by atoms with E-state index in [-0.39, 0.29) is 29.2 Å². The maximum atomic E-state index is 11.8. The van der Waals surface area contributed by atoms with Gasteiger partial charge in [0.05, 0.1) is 5.25 Å². The average Bonchev–Trinajstić information content (AvgIpc) is 2.70. The van der Waals surface area contributed by atoms with Crippen LogP contribution in [0.1, 0.15) is 20.3 Å². The van der Waals surface area contributed by atoms with Crippen molar-refractivity contribution in [3.05, 3.63) is 60.7 Å². The topological polar surface area (TPSA) is 61.8 Å². The Hall–Kier alpha value is -1.96. The van der Waals surface area contributed by atoms with E-state index in [1.807, 2.05) is 60.7 Å². The average molecular weight is 433 g/mol. The molecule has 4 atom stereocenters. The molecule has 7 heteroatoms. The third kappa shape index (κ3) is 6.80. The maximum Gasteiger partial charge on any atom is 0.303 e. The molecule has 3 rings (SSSR count). The van der Waals surface area contributed by atoms with Crippen LogP contribution in [0.4, 0.5) is 0 Å². The van der Waals surface area contributed by atoms with Crippen LogP contribution in [-0.4, -0.2) is 41.4 Å². The van der Waals surface area contributed by atoms with Gasteiger partial charge in [0, 0.05) is 23.6 Å². The van der Waals surface area contributed by atoms with E-state index in [1.165, 1.54) is 13.8 Å². The third-order valence-electron chi connectivity index (χ3n) is 4.28. The summed E-state index contributed by atoms with van der Waals surface area (Å²) in [7, 11) is 0. The van der Waals surface area contributed by atoms with Gasteiger partial charge in [-0.05, 0) is 30.7 Å². The van der Waals surface area contributed by atoms with Gasteiger partial charge in [0.15, 0.2) is 0 Å². The summed E-state index contributed by atoms with van der Waals surface area (Å²) in [6.45, 7) is 2.79. The molecule has 1 fully saturated rings. The summed E-state index contributed by atoms with van der Waals surface area (Å²) >= 11 is 3.28. The van der Waals surface area contributed by atoms with Crippen LogP contribution in [0.25, 0.3) is 0 Å². The number of hydrogen-bond donors (Lipinski definition) is 0. The lowest BCUT2D eigenvalue weighted by Crippen LogP contribution is -2.50. The summed E-state index contributed by atoms with van der Waals surface area (Å²) in [5, 5.41) is -0.0307. The van der Waals surface area contributed by atoms with E-state index >= 15 is 0 Å². The first-order chi connectivity index (χ1) is 14.0. The second-order valence-corrected chi connectivity index (χ2v) is 9.16. The van der Waals surface area contributed by atoms with E-state index in [9.17, 15) is 9.59 Å². The van der Waals surface area contributed by atoms with Crippen LogP contribution in [0.15, 0.2) is 70.5 Å². The van der Waals surface area contributed by atoms with Gasteiger partial charge >= 0.3 is 11.9 Å². The zero-order valence-corrected chi connectivity index (χ0v) is 18.0. The Balaban J connectivity index is 1.82. The summed E-state index contributed by atoms with van der Waals surface area (Å²) in [5.74, 6) is -0.764. The van der Waals surface area contributed by atoms with Crippen LogP contribution < -0.4 is 0 Å². The molecule has 0 aromatic heterocycles. The fraction of sp³-hybridized carbons (Fsp3) is 0.364. The summed E-state index contributed by atoms with van der Waals surface area (Å²) in [4.78, 5) is 25.3. The van der Waals surface area contributed by atoms with Crippen molar-refractivity contribution >= 4 is 35.5 Å². The molecule has 1 aliphatic heterocycles. The molecule has 2 aromatic carbocycles. The lowest BCUT2D eigenvalue weighted by molar-refractivity contribution is -0.171. The first kappa shape index (κ1) is 21.7. The predicted octanol–water partition coefficient (Wildman–Crippen LogP) is 4.55. The summed E-state index contributed by atoms with van der Waals surface area (Å²) in [5.41, 5.74) is -0.147. The molecule has 1 heterocycles. The molecular formula is C22H24O5S2. The van der Waals surface area contributed by atoms with Crippen LogP contribution >= 0.6 is 23.5 Å². The molecule has 0 bridgehead atoms. The minimum atomic E-state index is -0.529. The molecule has 2 aromatic rings. The van der Waals surface area contributed by atoms with E-state index in [0.29, 0.717) is 6.42 Å². The normalized spacial score (nSPS) is 23.9. The number of rotatable bonds is 7. The molecule has 5 nitrogen and oxygen atoms in total. The molecule has 0 aliphatic carbocycles. The second kappa shape index (κ2) is 10.7. The Morgan fingerprint density at radius 2 is 1.52 bits per heavy atom. The molecule has 0 unspecified atom stereocenters. The Morgan fingerprint density at radius 3 is 2.07 bits per heavy atom. The first-order valence-electron chi connectivity index (χ1n) is 9.40. The zero-order chi connectivity index (χ0) is 20.6. The maximum absolute atomic E-state index is 11.8. The molecule has 0 N–H and O–H groups in total. The van der Waals surface area contributed by atoms with Crippen molar-refractivity contribution in [3.8, 4) is 0 Å². The number of hydrogen-bond acceptors (Lipinski definition) is 7. The number of ether oxygens (including phenoxy) is 3. The van der Waals surface area contributed by atoms with Crippen molar-refractivity contribution in [1.29, 1.82) is 0 Å². The van der Waals surface area contributed by atoms with Gasteiger partial charge in [-0.25, -0.2) is 0 Å². The highest BCUT2D eigenvalue weighted by molar-refractivity contribution is 8.00. The van der Waals surface area contributed by atoms with Crippen LogP contribution in [0, 0.1) is 0 Å². The largest absolute Gasteiger partial charge is 0.463 e. The number of carbonyl (C=O) groups is 2. The van der Waals surface area contributed by atoms with Crippen LogP contribution in [0.5, 0.6) is 0 Å². The third-order valence-corrected chi connectivity index (χ3v) is 6.70. The van der Waals surface area contributed by atoms with Gasteiger partial charge < -0.3 is 14.2 Å². The number of esters is 2. The molecule has 0 saturated carbocycles. The molecule has 154 valence electrons. The molecule has 0 amide bonds. The summed E-state index contributed by atoms with van der Waals surface area (Å²) < 4.78 is 17.1. The van der Waals surface area contributed by atoms with E-state index in [2.05, 4.69) is 0 Å². The Morgan fingerprint density at radius 1 is 0.931 bits per heavy atom. The minimum Gasteiger partial charge on any atom is -0.463 e. The van der Waals surface area contributed by atoms with Crippen molar-refractivity contribution in [2.75, 3.05) is 6.61 Å². The Labute approximate surface area is 179 Å². The van der Waals surface area contributed by atoms with Crippen LogP contribution in [0.2, 0.25) is 0 Å². The fourth-order valence-corrected chi connectivity index (χ4v) is 5.63. The highest BCUT2D eigenvalue weighted by atomic mass is 32.2. The molecule has 1 saturated heterocycles. The van der Waals surface area contributed by atoms with Crippen LogP contribution in [-0.2, 0) is 23.8 Å². The Bertz CT molecular complexity index is 799. The van der Waals surface area contributed by atoms with Crippen molar-refractivity contribution in [1.82, 2.24) is 0 Å². The van der Waals surface area contributed by atoms with Crippen molar-refractivity contribution < 1.29 is 23.8 Å². The van der Waals surface area contributed by atoms with Gasteiger partial charge in [-0.15, -0.1) is 11.8 Å². The summed E-state index contributed by atoms with van der Waals surface area (Å²) in [6, 6.07) is 20.0. The molecule has 0 radical (unpaired) electrons. The van der Waals surface area contributed by atoms with Crippen molar-refractivity contribution in [2.45, 2.75) is 53.0 Å². The van der Waals surface area contributed by atoms with Gasteiger partial charge in [0.1, 0.15) is 24.3 Å². The van der Waals surface area contributed by atoms with E-state index in [0.717, 1.165) is 9.79 Å². The van der Waals surface area contributed by atoms with E-state index in [4.69, 9.17) is 14.2 Å². The lowest BCUT2D eigenvalue weighted by atomic mass is 10.1. The van der Waals surface area contributed by atoms with Gasteiger partial charge in [-0.1, -0.05) is 48.2 Å². The molecular weight excluding hydrogens is 408 g/mol. The van der Waals surface area contributed by atoms with Gasteiger partial charge in [0.25, 0.3) is 0 Å². The van der Waals surface area contributed by atoms with Gasteiger partial charge in [-0.2, -0.15) is 0 Å². The van der Waals surface area contributed by atoms with Gasteiger partial charge in [-0.3, -0.25) is 9.59 Å². The lowest BCUT2D eigenvalue weighted by Gasteiger charge is -2.40. The SMILES string of the molecule is CC(=O)OC[C@H]1O[C@H](Sc2ccccc2)C[C@H](Sc2ccccc2)[C@@H]1OC(C)=O. The van der Waals surface area contributed by atoms with E-state index in [1.54, 1.807) is 23.5 Å². The minimum absolute atomic E-state index is 0.0307. The van der Waals surface area contributed by atoms with Crippen molar-refractivity contribution in [3.63, 3.8) is 0 Å². The number of benzene rings is 2. The van der Waals surface area contributed by atoms with Crippen molar-refractivity contribution in [2.24, 2.45) is 0 Å². The molecule has 0 spiro atoms. The second-order valence-electron chi connectivity index (χ2n) is 6.62. The molecule has 29 heavy (non-hydrogen) atoms. The quantitative estimate of drug-likeness (QED) is 0.595. The highest BCUT2D eigenvalue weighted by Crippen LogP contribution is 2.40.